The van der Waals surface area contributed by atoms with Crippen molar-refractivity contribution in [3.05, 3.63) is 59.7 Å². The summed E-state index contributed by atoms with van der Waals surface area (Å²) in [6.07, 6.45) is 1.43. The van der Waals surface area contributed by atoms with Crippen LogP contribution in [-0.4, -0.2) is 6.10 Å². The van der Waals surface area contributed by atoms with Crippen LogP contribution in [0.3, 0.4) is 0 Å². The van der Waals surface area contributed by atoms with Crippen molar-refractivity contribution in [2.45, 2.75) is 25.0 Å². The number of benzene rings is 2. The Bertz CT molecular complexity index is 574. The molecule has 2 aromatic rings. The Morgan fingerprint density at radius 1 is 1.00 bits per heavy atom. The zero-order valence-corrected chi connectivity index (χ0v) is 11.3. The van der Waals surface area contributed by atoms with E-state index in [9.17, 15) is 0 Å². The molecule has 1 fully saturated rings. The maximum Gasteiger partial charge on any atom is 0.146 e. The molecule has 18 heavy (non-hydrogen) atoms. The van der Waals surface area contributed by atoms with Gasteiger partial charge in [0.2, 0.25) is 0 Å². The minimum Gasteiger partial charge on any atom is -0.356 e. The Labute approximate surface area is 109 Å². The molecule has 1 atom stereocenters. The van der Waals surface area contributed by atoms with Crippen LogP contribution >= 0.6 is 8.58 Å². The summed E-state index contributed by atoms with van der Waals surface area (Å²) in [4.78, 5) is 0. The molecule has 1 nitrogen and oxygen atoms in total. The Hall–Kier alpha value is -1.17. The molecule has 0 N–H and O–H groups in total. The van der Waals surface area contributed by atoms with Gasteiger partial charge in [0.1, 0.15) is 5.60 Å². The minimum atomic E-state index is -0.132. The first-order chi connectivity index (χ1) is 8.86. The largest absolute Gasteiger partial charge is 0.356 e. The summed E-state index contributed by atoms with van der Waals surface area (Å²) >= 11 is 0. The molecule has 0 radical (unpaired) electrons. The molecule has 0 aromatic heterocycles. The van der Waals surface area contributed by atoms with E-state index in [2.05, 4.69) is 55.5 Å². The molecule has 0 aliphatic carbocycles. The molecule has 0 saturated carbocycles. The monoisotopic (exact) mass is 254 g/mol. The summed E-state index contributed by atoms with van der Waals surface area (Å²) < 4.78 is 6.15. The van der Waals surface area contributed by atoms with Gasteiger partial charge in [0.25, 0.3) is 0 Å². The molecule has 1 saturated heterocycles. The van der Waals surface area contributed by atoms with Crippen LogP contribution < -0.4 is 10.6 Å². The van der Waals surface area contributed by atoms with Gasteiger partial charge in [0.15, 0.2) is 0 Å². The van der Waals surface area contributed by atoms with Gasteiger partial charge in [-0.2, -0.15) is 0 Å². The van der Waals surface area contributed by atoms with Crippen LogP contribution in [0.2, 0.25) is 0 Å². The third-order valence-corrected chi connectivity index (χ3v) is 5.43. The van der Waals surface area contributed by atoms with E-state index >= 15 is 0 Å². The predicted octanol–water partition coefficient (Wildman–Crippen LogP) is 2.68. The van der Waals surface area contributed by atoms with Gasteiger partial charge in [0, 0.05) is 0 Å². The first-order valence-corrected chi connectivity index (χ1v) is 7.50. The van der Waals surface area contributed by atoms with Crippen LogP contribution in [0.15, 0.2) is 48.5 Å². The standard InChI is InChI=1S/C16H15OP/c1-2-15-16(17-15)11-7-3-5-9-13(11)18-14-10-6-4-8-12(14)16/h3-10,15,18H,2H2,1H3. The Balaban J connectivity index is 1.98. The molecule has 2 heteroatoms. The van der Waals surface area contributed by atoms with Gasteiger partial charge in [-0.1, -0.05) is 64.0 Å². The van der Waals surface area contributed by atoms with E-state index in [1.165, 1.54) is 21.7 Å². The van der Waals surface area contributed by atoms with Gasteiger partial charge in [-0.3, -0.25) is 0 Å². The average Bonchev–Trinajstić information content (AvgIpc) is 3.15. The maximum atomic E-state index is 6.15. The number of rotatable bonds is 1. The highest BCUT2D eigenvalue weighted by molar-refractivity contribution is 7.56. The molecule has 90 valence electrons. The maximum absolute atomic E-state index is 6.15. The molecule has 1 unspecified atom stereocenters. The van der Waals surface area contributed by atoms with E-state index in [1.54, 1.807) is 0 Å². The van der Waals surface area contributed by atoms with E-state index in [-0.39, 0.29) is 5.60 Å². The molecule has 2 aliphatic heterocycles. The topological polar surface area (TPSA) is 12.5 Å². The second-order valence-electron chi connectivity index (χ2n) is 4.97. The minimum absolute atomic E-state index is 0.132. The fraction of sp³-hybridized carbons (Fsp3) is 0.250. The van der Waals surface area contributed by atoms with Crippen molar-refractivity contribution in [3.63, 3.8) is 0 Å². The van der Waals surface area contributed by atoms with Gasteiger partial charge >= 0.3 is 0 Å². The zero-order valence-electron chi connectivity index (χ0n) is 10.3. The molecule has 0 bridgehead atoms. The lowest BCUT2D eigenvalue weighted by molar-refractivity contribution is 0.327. The SMILES string of the molecule is CCC1OC12c1ccccc1Pc1ccccc12. The summed E-state index contributed by atoms with van der Waals surface area (Å²) in [6.45, 7) is 2.21. The van der Waals surface area contributed by atoms with Crippen molar-refractivity contribution in [2.24, 2.45) is 0 Å². The van der Waals surface area contributed by atoms with Crippen LogP contribution in [0.1, 0.15) is 24.5 Å². The summed E-state index contributed by atoms with van der Waals surface area (Å²) in [7, 11) is 0.762. The van der Waals surface area contributed by atoms with Gasteiger partial charge in [0.05, 0.1) is 6.10 Å². The molecular formula is C16H15OP. The predicted molar refractivity (Wildman–Crippen MR) is 76.4 cm³/mol. The second kappa shape index (κ2) is 3.66. The number of hydrogen-bond donors (Lipinski definition) is 0. The van der Waals surface area contributed by atoms with Crippen LogP contribution in [0.5, 0.6) is 0 Å². The highest BCUT2D eigenvalue weighted by atomic mass is 31.1. The van der Waals surface area contributed by atoms with Crippen molar-refractivity contribution >= 4 is 19.2 Å². The highest BCUT2D eigenvalue weighted by Gasteiger charge is 2.60. The molecule has 2 heterocycles. The van der Waals surface area contributed by atoms with Gasteiger partial charge in [-0.05, 0) is 28.2 Å². The fourth-order valence-corrected chi connectivity index (χ4v) is 4.61. The Kier molecular flexibility index (Phi) is 2.18. The third kappa shape index (κ3) is 1.24. The lowest BCUT2D eigenvalue weighted by Gasteiger charge is -2.26. The number of ether oxygens (including phenoxy) is 1. The molecule has 2 aromatic carbocycles. The lowest BCUT2D eigenvalue weighted by atomic mass is 9.86. The first-order valence-electron chi connectivity index (χ1n) is 6.50. The first kappa shape index (κ1) is 10.7. The fourth-order valence-electron chi connectivity index (χ4n) is 3.16. The van der Waals surface area contributed by atoms with Crippen molar-refractivity contribution in [1.82, 2.24) is 0 Å². The summed E-state index contributed by atoms with van der Waals surface area (Å²) in [5.41, 5.74) is 2.66. The molecule has 4 rings (SSSR count). The highest BCUT2D eigenvalue weighted by Crippen LogP contribution is 2.55. The van der Waals surface area contributed by atoms with Gasteiger partial charge in [-0.15, -0.1) is 0 Å². The van der Waals surface area contributed by atoms with Crippen molar-refractivity contribution in [3.8, 4) is 0 Å². The molecule has 1 spiro atoms. The lowest BCUT2D eigenvalue weighted by Crippen LogP contribution is -2.32. The van der Waals surface area contributed by atoms with Crippen LogP contribution in [0.4, 0.5) is 0 Å². The second-order valence-corrected chi connectivity index (χ2v) is 6.29. The average molecular weight is 254 g/mol. The van der Waals surface area contributed by atoms with Crippen molar-refractivity contribution in [1.29, 1.82) is 0 Å². The summed E-state index contributed by atoms with van der Waals surface area (Å²) in [5.74, 6) is 0. The van der Waals surface area contributed by atoms with Crippen LogP contribution in [0.25, 0.3) is 0 Å². The van der Waals surface area contributed by atoms with Gasteiger partial charge < -0.3 is 4.74 Å². The summed E-state index contributed by atoms with van der Waals surface area (Å²) in [5, 5.41) is 2.90. The van der Waals surface area contributed by atoms with Crippen molar-refractivity contribution in [2.75, 3.05) is 0 Å². The van der Waals surface area contributed by atoms with E-state index in [4.69, 9.17) is 4.74 Å². The molecule has 0 amide bonds. The van der Waals surface area contributed by atoms with E-state index in [1.807, 2.05) is 0 Å². The number of fused-ring (bicyclic) bond motifs is 4. The van der Waals surface area contributed by atoms with Crippen molar-refractivity contribution < 1.29 is 4.74 Å². The van der Waals surface area contributed by atoms with E-state index in [0.29, 0.717) is 6.10 Å². The van der Waals surface area contributed by atoms with E-state index in [0.717, 1.165) is 15.0 Å². The van der Waals surface area contributed by atoms with Gasteiger partial charge in [-0.25, -0.2) is 0 Å². The third-order valence-electron chi connectivity index (χ3n) is 4.02. The normalized spacial score (nSPS) is 29.1. The quantitative estimate of drug-likeness (QED) is 0.563. The Morgan fingerprint density at radius 3 is 2.06 bits per heavy atom. The van der Waals surface area contributed by atoms with Crippen LogP contribution in [0, 0.1) is 0 Å². The number of epoxide rings is 1. The molecular weight excluding hydrogens is 239 g/mol. The zero-order chi connectivity index (χ0) is 12.2. The van der Waals surface area contributed by atoms with Crippen LogP contribution in [-0.2, 0) is 10.3 Å². The smallest absolute Gasteiger partial charge is 0.146 e. The molecule has 2 aliphatic rings. The van der Waals surface area contributed by atoms with E-state index < -0.39 is 0 Å². The Morgan fingerprint density at radius 2 is 1.56 bits per heavy atom. The summed E-state index contributed by atoms with van der Waals surface area (Å²) in [6, 6.07) is 17.5. The number of hydrogen-bond acceptors (Lipinski definition) is 1.